The van der Waals surface area contributed by atoms with Crippen LogP contribution in [0.25, 0.3) is 0 Å². The number of carbonyl (C=O) groups is 2. The van der Waals surface area contributed by atoms with Crippen molar-refractivity contribution < 1.29 is 19.4 Å². The third-order valence-corrected chi connectivity index (χ3v) is 3.32. The van der Waals surface area contributed by atoms with Crippen molar-refractivity contribution in [2.75, 3.05) is 26.3 Å². The molecule has 0 radical (unpaired) electrons. The number of carboxylic acids is 1. The van der Waals surface area contributed by atoms with E-state index in [0.29, 0.717) is 39.1 Å². The monoisotopic (exact) mass is 213 g/mol. The lowest BCUT2D eigenvalue weighted by Crippen LogP contribution is -2.55. The molecule has 2 rings (SSSR count). The van der Waals surface area contributed by atoms with Crippen molar-refractivity contribution in [2.45, 2.75) is 19.3 Å². The average Bonchev–Trinajstić information content (AvgIpc) is 2.16. The number of rotatable bonds is 2. The number of ether oxygens (including phenoxy) is 1. The third kappa shape index (κ3) is 1.61. The molecular formula is C10H15NO4. The molecule has 0 aromatic rings. The lowest BCUT2D eigenvalue weighted by Gasteiger charge is -2.41. The highest BCUT2D eigenvalue weighted by molar-refractivity contribution is 6.02. The largest absolute Gasteiger partial charge is 0.480 e. The van der Waals surface area contributed by atoms with Crippen LogP contribution in [-0.4, -0.2) is 48.2 Å². The molecule has 1 heterocycles. The van der Waals surface area contributed by atoms with Crippen molar-refractivity contribution in [1.29, 1.82) is 0 Å². The summed E-state index contributed by atoms with van der Waals surface area (Å²) < 4.78 is 5.13. The molecule has 84 valence electrons. The van der Waals surface area contributed by atoms with Gasteiger partial charge in [-0.15, -0.1) is 0 Å². The smallest absolute Gasteiger partial charge is 0.319 e. The van der Waals surface area contributed by atoms with E-state index < -0.39 is 11.4 Å². The van der Waals surface area contributed by atoms with Gasteiger partial charge in [0.15, 0.2) is 0 Å². The highest BCUT2D eigenvalue weighted by atomic mass is 16.5. The predicted octanol–water partition coefficient (Wildman–Crippen LogP) is 0.100. The van der Waals surface area contributed by atoms with E-state index in [9.17, 15) is 9.59 Å². The Balaban J connectivity index is 2.07. The summed E-state index contributed by atoms with van der Waals surface area (Å²) in [6.07, 6.45) is 1.80. The van der Waals surface area contributed by atoms with Crippen molar-refractivity contribution >= 4 is 11.9 Å². The minimum absolute atomic E-state index is 0.218. The average molecular weight is 213 g/mol. The second kappa shape index (κ2) is 3.81. The molecule has 0 atom stereocenters. The van der Waals surface area contributed by atoms with Crippen molar-refractivity contribution in [1.82, 2.24) is 4.90 Å². The molecule has 1 aliphatic heterocycles. The summed E-state index contributed by atoms with van der Waals surface area (Å²) in [4.78, 5) is 24.8. The van der Waals surface area contributed by atoms with Crippen LogP contribution >= 0.6 is 0 Å². The molecule has 1 saturated heterocycles. The number of morpholine rings is 1. The minimum atomic E-state index is -1.11. The number of hydrogen-bond acceptors (Lipinski definition) is 3. The molecule has 0 unspecified atom stereocenters. The van der Waals surface area contributed by atoms with Crippen LogP contribution in [0.2, 0.25) is 0 Å². The lowest BCUT2D eigenvalue weighted by atomic mass is 9.67. The fourth-order valence-electron chi connectivity index (χ4n) is 2.12. The van der Waals surface area contributed by atoms with E-state index in [-0.39, 0.29) is 5.91 Å². The van der Waals surface area contributed by atoms with E-state index >= 15 is 0 Å². The lowest BCUT2D eigenvalue weighted by molar-refractivity contribution is -0.169. The van der Waals surface area contributed by atoms with Gasteiger partial charge in [-0.1, -0.05) is 6.42 Å². The van der Waals surface area contributed by atoms with E-state index in [0.717, 1.165) is 6.42 Å². The van der Waals surface area contributed by atoms with Gasteiger partial charge in [-0.25, -0.2) is 0 Å². The van der Waals surface area contributed by atoms with Gasteiger partial charge in [0.05, 0.1) is 13.2 Å². The van der Waals surface area contributed by atoms with Gasteiger partial charge in [0, 0.05) is 13.1 Å². The van der Waals surface area contributed by atoms with Gasteiger partial charge < -0.3 is 14.7 Å². The van der Waals surface area contributed by atoms with Crippen LogP contribution in [0.4, 0.5) is 0 Å². The van der Waals surface area contributed by atoms with Gasteiger partial charge in [-0.05, 0) is 12.8 Å². The van der Waals surface area contributed by atoms with Crippen LogP contribution in [0.1, 0.15) is 19.3 Å². The molecule has 2 fully saturated rings. The molecule has 0 aromatic carbocycles. The number of carbonyl (C=O) groups excluding carboxylic acids is 1. The number of amides is 1. The van der Waals surface area contributed by atoms with Gasteiger partial charge in [-0.3, -0.25) is 9.59 Å². The van der Waals surface area contributed by atoms with Crippen molar-refractivity contribution in [3.8, 4) is 0 Å². The van der Waals surface area contributed by atoms with Crippen LogP contribution in [0.5, 0.6) is 0 Å². The molecule has 2 aliphatic rings. The predicted molar refractivity (Wildman–Crippen MR) is 51.3 cm³/mol. The first kappa shape index (κ1) is 10.4. The van der Waals surface area contributed by atoms with E-state index in [2.05, 4.69) is 0 Å². The van der Waals surface area contributed by atoms with Crippen LogP contribution in [0, 0.1) is 5.41 Å². The Hall–Kier alpha value is -1.10. The van der Waals surface area contributed by atoms with Crippen molar-refractivity contribution in [2.24, 2.45) is 5.41 Å². The van der Waals surface area contributed by atoms with E-state index in [1.165, 1.54) is 0 Å². The molecule has 15 heavy (non-hydrogen) atoms. The standard InChI is InChI=1S/C10H15NO4/c12-8(11-4-6-15-7-5-11)10(9(13)14)2-1-3-10/h1-7H2,(H,13,14). The first-order valence-electron chi connectivity index (χ1n) is 5.27. The summed E-state index contributed by atoms with van der Waals surface area (Å²) in [5.74, 6) is -1.19. The van der Waals surface area contributed by atoms with Gasteiger partial charge in [0.25, 0.3) is 0 Å². The Bertz CT molecular complexity index is 279. The summed E-state index contributed by atoms with van der Waals surface area (Å²) in [5, 5.41) is 9.11. The van der Waals surface area contributed by atoms with Gasteiger partial charge in [0.2, 0.25) is 5.91 Å². The SMILES string of the molecule is O=C(O)C1(C(=O)N2CCOCC2)CCC1. The molecule has 0 aromatic heterocycles. The molecule has 0 bridgehead atoms. The zero-order valence-corrected chi connectivity index (χ0v) is 8.57. The van der Waals surface area contributed by atoms with E-state index in [4.69, 9.17) is 9.84 Å². The van der Waals surface area contributed by atoms with Crippen LogP contribution in [0.15, 0.2) is 0 Å². The van der Waals surface area contributed by atoms with Gasteiger partial charge in [0.1, 0.15) is 5.41 Å². The second-order valence-corrected chi connectivity index (χ2v) is 4.15. The Morgan fingerprint density at radius 3 is 2.20 bits per heavy atom. The van der Waals surface area contributed by atoms with Crippen molar-refractivity contribution in [3.05, 3.63) is 0 Å². The molecule has 5 heteroatoms. The minimum Gasteiger partial charge on any atom is -0.480 e. The molecule has 1 saturated carbocycles. The molecule has 0 spiro atoms. The summed E-state index contributed by atoms with van der Waals surface area (Å²) in [6.45, 7) is 2.07. The number of hydrogen-bond donors (Lipinski definition) is 1. The Labute approximate surface area is 88.0 Å². The summed E-state index contributed by atoms with van der Waals surface area (Å²) in [6, 6.07) is 0. The van der Waals surface area contributed by atoms with E-state index in [1.54, 1.807) is 4.90 Å². The maximum Gasteiger partial charge on any atom is 0.319 e. The quantitative estimate of drug-likeness (QED) is 0.661. The van der Waals surface area contributed by atoms with Crippen LogP contribution < -0.4 is 0 Å². The summed E-state index contributed by atoms with van der Waals surface area (Å²) in [7, 11) is 0. The topological polar surface area (TPSA) is 66.8 Å². The first-order chi connectivity index (χ1) is 7.17. The Morgan fingerprint density at radius 1 is 1.20 bits per heavy atom. The van der Waals surface area contributed by atoms with Crippen LogP contribution in [0.3, 0.4) is 0 Å². The van der Waals surface area contributed by atoms with Crippen LogP contribution in [-0.2, 0) is 14.3 Å². The highest BCUT2D eigenvalue weighted by Crippen LogP contribution is 2.42. The second-order valence-electron chi connectivity index (χ2n) is 4.15. The number of aliphatic carboxylic acids is 1. The Kier molecular flexibility index (Phi) is 2.65. The highest BCUT2D eigenvalue weighted by Gasteiger charge is 2.52. The fourth-order valence-corrected chi connectivity index (χ4v) is 2.12. The Morgan fingerprint density at radius 2 is 1.80 bits per heavy atom. The normalized spacial score (nSPS) is 24.4. The number of nitrogens with zero attached hydrogens (tertiary/aromatic N) is 1. The molecule has 1 aliphatic carbocycles. The van der Waals surface area contributed by atoms with Gasteiger partial charge >= 0.3 is 5.97 Å². The summed E-state index contributed by atoms with van der Waals surface area (Å²) in [5.41, 5.74) is -1.11. The first-order valence-corrected chi connectivity index (χ1v) is 5.27. The van der Waals surface area contributed by atoms with E-state index in [1.807, 2.05) is 0 Å². The third-order valence-electron chi connectivity index (χ3n) is 3.32. The zero-order chi connectivity index (χ0) is 10.9. The summed E-state index contributed by atoms with van der Waals surface area (Å²) >= 11 is 0. The maximum absolute atomic E-state index is 12.0. The maximum atomic E-state index is 12.0. The fraction of sp³-hybridized carbons (Fsp3) is 0.800. The molecule has 1 N–H and O–H groups in total. The molecule has 1 amide bonds. The zero-order valence-electron chi connectivity index (χ0n) is 8.57. The molecule has 5 nitrogen and oxygen atoms in total. The van der Waals surface area contributed by atoms with Crippen molar-refractivity contribution in [3.63, 3.8) is 0 Å². The van der Waals surface area contributed by atoms with Gasteiger partial charge in [-0.2, -0.15) is 0 Å². The number of carboxylic acid groups (broad SMARTS) is 1. The molecular weight excluding hydrogens is 198 g/mol.